The molecule has 0 aliphatic heterocycles. The Kier molecular flexibility index (Phi) is 5.48. The van der Waals surface area contributed by atoms with Crippen LogP contribution >= 0.6 is 15.9 Å². The zero-order valence-electron chi connectivity index (χ0n) is 15.8. The lowest BCUT2D eigenvalue weighted by molar-refractivity contribution is -0.117. The molecule has 0 radical (unpaired) electrons. The minimum atomic E-state index is -0.479. The molecule has 0 fully saturated rings. The van der Waals surface area contributed by atoms with Gasteiger partial charge in [-0.15, -0.1) is 5.10 Å². The number of methoxy groups -OCH3 is 1. The second-order valence-electron chi connectivity index (χ2n) is 6.21. The van der Waals surface area contributed by atoms with E-state index >= 15 is 0 Å². The van der Waals surface area contributed by atoms with Crippen molar-refractivity contribution in [1.29, 1.82) is 0 Å². The van der Waals surface area contributed by atoms with Crippen LogP contribution in [-0.2, 0) is 11.3 Å². The molecule has 4 rings (SSSR count). The maximum Gasteiger partial charge on any atom is 0.351 e. The Hall–Kier alpha value is -3.66. The highest BCUT2D eigenvalue weighted by atomic mass is 79.9. The van der Waals surface area contributed by atoms with Gasteiger partial charge >= 0.3 is 5.69 Å². The molecule has 2 aromatic carbocycles. The Labute approximate surface area is 179 Å². The monoisotopic (exact) mass is 469 g/mol. The van der Waals surface area contributed by atoms with E-state index in [-0.39, 0.29) is 24.0 Å². The molecule has 30 heavy (non-hydrogen) atoms. The predicted molar refractivity (Wildman–Crippen MR) is 113 cm³/mol. The van der Waals surface area contributed by atoms with Crippen LogP contribution in [0.5, 0.6) is 17.4 Å². The van der Waals surface area contributed by atoms with Crippen LogP contribution in [0, 0.1) is 0 Å². The molecule has 1 amide bonds. The van der Waals surface area contributed by atoms with Gasteiger partial charge in [0, 0.05) is 28.6 Å². The quantitative estimate of drug-likeness (QED) is 0.465. The molecule has 2 aromatic heterocycles. The maximum atomic E-state index is 12.6. The summed E-state index contributed by atoms with van der Waals surface area (Å²) in [6.45, 7) is -0.258. The number of amides is 1. The third-order valence-electron chi connectivity index (χ3n) is 4.13. The molecule has 0 saturated heterocycles. The van der Waals surface area contributed by atoms with Crippen molar-refractivity contribution < 1.29 is 14.3 Å². The highest BCUT2D eigenvalue weighted by Crippen LogP contribution is 2.25. The lowest BCUT2D eigenvalue weighted by Crippen LogP contribution is -2.28. The van der Waals surface area contributed by atoms with Crippen LogP contribution in [0.15, 0.2) is 70.2 Å². The summed E-state index contributed by atoms with van der Waals surface area (Å²) in [4.78, 5) is 29.2. The number of nitrogens with zero attached hydrogens (tertiary/aromatic N) is 4. The van der Waals surface area contributed by atoms with Gasteiger partial charge in [-0.2, -0.15) is 0 Å². The van der Waals surface area contributed by atoms with Crippen molar-refractivity contribution in [3.8, 4) is 17.4 Å². The number of carbonyl (C=O) groups excluding carboxylic acids is 1. The number of benzene rings is 2. The summed E-state index contributed by atoms with van der Waals surface area (Å²) in [5.74, 6) is 0.840. The normalized spacial score (nSPS) is 10.7. The molecule has 152 valence electrons. The van der Waals surface area contributed by atoms with Crippen molar-refractivity contribution in [2.24, 2.45) is 0 Å². The van der Waals surface area contributed by atoms with Crippen molar-refractivity contribution in [2.75, 3.05) is 12.4 Å². The fraction of sp³-hybridized carbons (Fsp3) is 0.100. The molecular formula is C20H16BrN5O4. The van der Waals surface area contributed by atoms with Crippen molar-refractivity contribution >= 4 is 33.2 Å². The van der Waals surface area contributed by atoms with Gasteiger partial charge in [-0.3, -0.25) is 4.79 Å². The summed E-state index contributed by atoms with van der Waals surface area (Å²) in [5, 5.41) is 6.96. The third kappa shape index (κ3) is 4.18. The molecule has 2 heterocycles. The number of anilines is 1. The van der Waals surface area contributed by atoms with E-state index in [0.717, 1.165) is 9.15 Å². The van der Waals surface area contributed by atoms with E-state index in [1.807, 2.05) is 6.07 Å². The highest BCUT2D eigenvalue weighted by molar-refractivity contribution is 9.10. The van der Waals surface area contributed by atoms with E-state index in [4.69, 9.17) is 9.47 Å². The Balaban J connectivity index is 1.59. The van der Waals surface area contributed by atoms with Crippen LogP contribution in [0.2, 0.25) is 0 Å². The third-order valence-corrected chi connectivity index (χ3v) is 4.62. The molecule has 0 aliphatic carbocycles. The van der Waals surface area contributed by atoms with E-state index in [1.165, 1.54) is 16.8 Å². The fourth-order valence-corrected chi connectivity index (χ4v) is 3.18. The standard InChI is InChI=1S/C20H16BrN5O4/c1-29-15-6-3-7-16(11-15)30-19-18-24-26(20(28)25(18)9-8-22-19)12-17(27)23-14-5-2-4-13(21)10-14/h2-11H,12H2,1H3,(H,23,27). The average Bonchev–Trinajstić information content (AvgIpc) is 3.05. The molecular weight excluding hydrogens is 454 g/mol. The number of halogens is 1. The number of aromatic nitrogens is 4. The maximum absolute atomic E-state index is 12.6. The van der Waals surface area contributed by atoms with Gasteiger partial charge in [-0.1, -0.05) is 28.1 Å². The van der Waals surface area contributed by atoms with Crippen molar-refractivity contribution in [1.82, 2.24) is 19.2 Å². The van der Waals surface area contributed by atoms with E-state index in [9.17, 15) is 9.59 Å². The Morgan fingerprint density at radius 3 is 2.77 bits per heavy atom. The van der Waals surface area contributed by atoms with Crippen molar-refractivity contribution in [3.05, 3.63) is 75.9 Å². The van der Waals surface area contributed by atoms with E-state index in [0.29, 0.717) is 17.2 Å². The highest BCUT2D eigenvalue weighted by Gasteiger charge is 2.16. The first-order valence-corrected chi connectivity index (χ1v) is 9.64. The molecule has 1 N–H and O–H groups in total. The lowest BCUT2D eigenvalue weighted by atomic mass is 10.3. The first-order chi connectivity index (χ1) is 14.5. The Morgan fingerprint density at radius 1 is 1.17 bits per heavy atom. The predicted octanol–water partition coefficient (Wildman–Crippen LogP) is 3.09. The van der Waals surface area contributed by atoms with Gasteiger partial charge in [0.1, 0.15) is 18.0 Å². The molecule has 0 saturated carbocycles. The second kappa shape index (κ2) is 8.37. The van der Waals surface area contributed by atoms with Crippen LogP contribution in [0.4, 0.5) is 5.69 Å². The minimum Gasteiger partial charge on any atom is -0.497 e. The molecule has 0 unspecified atom stereocenters. The molecule has 0 bridgehead atoms. The van der Waals surface area contributed by atoms with Crippen LogP contribution < -0.4 is 20.5 Å². The summed E-state index contributed by atoms with van der Waals surface area (Å²) >= 11 is 3.35. The van der Waals surface area contributed by atoms with Gasteiger partial charge in [-0.05, 0) is 30.3 Å². The molecule has 10 heteroatoms. The van der Waals surface area contributed by atoms with Crippen molar-refractivity contribution in [3.63, 3.8) is 0 Å². The number of rotatable bonds is 6. The van der Waals surface area contributed by atoms with E-state index in [2.05, 4.69) is 31.3 Å². The number of hydrogen-bond acceptors (Lipinski definition) is 6. The molecule has 0 atom stereocenters. The molecule has 0 spiro atoms. The number of ether oxygens (including phenoxy) is 2. The average molecular weight is 470 g/mol. The van der Waals surface area contributed by atoms with E-state index in [1.54, 1.807) is 49.6 Å². The van der Waals surface area contributed by atoms with Crippen LogP contribution in [0.1, 0.15) is 0 Å². The van der Waals surface area contributed by atoms with Crippen LogP contribution in [0.3, 0.4) is 0 Å². The van der Waals surface area contributed by atoms with Gasteiger partial charge in [0.05, 0.1) is 7.11 Å². The summed E-state index contributed by atoms with van der Waals surface area (Å²) in [6.07, 6.45) is 2.89. The molecule has 0 aliphatic rings. The van der Waals surface area contributed by atoms with Gasteiger partial charge in [0.2, 0.25) is 11.6 Å². The largest absolute Gasteiger partial charge is 0.497 e. The molecule has 9 nitrogen and oxygen atoms in total. The first kappa shape index (κ1) is 19.6. The number of nitrogens with one attached hydrogen (secondary N) is 1. The topological polar surface area (TPSA) is 99.8 Å². The summed E-state index contributed by atoms with van der Waals surface area (Å²) < 4.78 is 14.1. The fourth-order valence-electron chi connectivity index (χ4n) is 2.78. The van der Waals surface area contributed by atoms with Crippen molar-refractivity contribution in [2.45, 2.75) is 6.54 Å². The van der Waals surface area contributed by atoms with Crippen LogP contribution in [0.25, 0.3) is 5.65 Å². The number of hydrogen-bond donors (Lipinski definition) is 1. The Morgan fingerprint density at radius 2 is 1.97 bits per heavy atom. The SMILES string of the molecule is COc1cccc(Oc2nccn3c(=O)n(CC(=O)Nc4cccc(Br)c4)nc23)c1. The van der Waals surface area contributed by atoms with Gasteiger partial charge < -0.3 is 14.8 Å². The zero-order chi connectivity index (χ0) is 21.1. The first-order valence-electron chi connectivity index (χ1n) is 8.85. The van der Waals surface area contributed by atoms with Gasteiger partial charge in [0.15, 0.2) is 0 Å². The molecule has 4 aromatic rings. The number of carbonyl (C=O) groups is 1. The Bertz CT molecular complexity index is 1280. The lowest BCUT2D eigenvalue weighted by Gasteiger charge is -2.06. The smallest absolute Gasteiger partial charge is 0.351 e. The van der Waals surface area contributed by atoms with Gasteiger partial charge in [-0.25, -0.2) is 18.9 Å². The van der Waals surface area contributed by atoms with Gasteiger partial charge in [0.25, 0.3) is 5.88 Å². The number of fused-ring (bicyclic) bond motifs is 1. The van der Waals surface area contributed by atoms with Crippen LogP contribution in [-0.4, -0.2) is 32.2 Å². The second-order valence-corrected chi connectivity index (χ2v) is 7.12. The minimum absolute atomic E-state index is 0.133. The summed E-state index contributed by atoms with van der Waals surface area (Å²) in [5.41, 5.74) is 0.322. The zero-order valence-corrected chi connectivity index (χ0v) is 17.4. The summed E-state index contributed by atoms with van der Waals surface area (Å²) in [6, 6.07) is 14.1. The van der Waals surface area contributed by atoms with E-state index < -0.39 is 5.69 Å². The summed E-state index contributed by atoms with van der Waals surface area (Å²) in [7, 11) is 1.55.